The number of ether oxygens (including phenoxy) is 2. The molecule has 0 unspecified atom stereocenters. The zero-order valence-corrected chi connectivity index (χ0v) is 15.2. The summed E-state index contributed by atoms with van der Waals surface area (Å²) in [5.74, 6) is 0.579. The Morgan fingerprint density at radius 3 is 2.50 bits per heavy atom. The van der Waals surface area contributed by atoms with Gasteiger partial charge in [-0.25, -0.2) is 0 Å². The summed E-state index contributed by atoms with van der Waals surface area (Å²) >= 11 is 0. The van der Waals surface area contributed by atoms with E-state index in [0.717, 1.165) is 5.56 Å². The molecular weight excluding hydrogens is 375 g/mol. The Labute approximate surface area is 158 Å². The number of aromatic nitrogens is 4. The van der Waals surface area contributed by atoms with Crippen molar-refractivity contribution in [3.05, 3.63) is 41.7 Å². The molecule has 0 amide bonds. The van der Waals surface area contributed by atoms with Crippen LogP contribution in [0.25, 0.3) is 5.65 Å². The number of anilines is 1. The van der Waals surface area contributed by atoms with E-state index in [2.05, 4.69) is 20.6 Å². The Bertz CT molecular complexity index is 1000. The smallest absolute Gasteiger partial charge is 0.453 e. The van der Waals surface area contributed by atoms with Crippen molar-refractivity contribution in [3.8, 4) is 11.5 Å². The van der Waals surface area contributed by atoms with Crippen LogP contribution in [0.5, 0.6) is 11.5 Å². The normalized spacial score (nSPS) is 15.1. The number of hydrogen-bond donors (Lipinski definition) is 1. The number of fused-ring (bicyclic) bond motifs is 2. The molecule has 0 bridgehead atoms. The predicted octanol–water partition coefficient (Wildman–Crippen LogP) is 3.72. The summed E-state index contributed by atoms with van der Waals surface area (Å²) in [6, 6.07) is 8.44. The van der Waals surface area contributed by atoms with Crippen molar-refractivity contribution in [3.63, 3.8) is 0 Å². The summed E-state index contributed by atoms with van der Waals surface area (Å²) in [6.07, 6.45) is -4.64. The lowest BCUT2D eigenvalue weighted by atomic mass is 9.95. The fraction of sp³-hybridized carbons (Fsp3) is 0.389. The molecule has 3 aromatic rings. The first kappa shape index (κ1) is 18.3. The van der Waals surface area contributed by atoms with E-state index in [-0.39, 0.29) is 23.4 Å². The molecule has 0 saturated heterocycles. The van der Waals surface area contributed by atoms with Crippen molar-refractivity contribution >= 4 is 11.5 Å². The van der Waals surface area contributed by atoms with E-state index in [1.165, 1.54) is 6.07 Å². The third kappa shape index (κ3) is 3.41. The van der Waals surface area contributed by atoms with Gasteiger partial charge in [-0.05, 0) is 35.7 Å². The molecule has 7 nitrogen and oxygen atoms in total. The predicted molar refractivity (Wildman–Crippen MR) is 94.4 cm³/mol. The number of benzene rings is 1. The Morgan fingerprint density at radius 1 is 1.04 bits per heavy atom. The molecule has 1 aliphatic rings. The summed E-state index contributed by atoms with van der Waals surface area (Å²) < 4.78 is 51.1. The standard InChI is InChI=1S/C18H18F3N5O2/c1-10(2)16(11-3-4-12-13(9-11)28-8-7-27-12)22-14-5-6-15-23-24-17(18(19,20)21)26(15)25-14/h3-6,9-10,16H,7-8H2,1-2H3,(H,22,25)/t16-/m1/s1. The second kappa shape index (κ2) is 6.84. The molecule has 1 aliphatic heterocycles. The van der Waals surface area contributed by atoms with E-state index >= 15 is 0 Å². The van der Waals surface area contributed by atoms with Gasteiger partial charge in [-0.3, -0.25) is 0 Å². The van der Waals surface area contributed by atoms with Crippen molar-refractivity contribution in [1.29, 1.82) is 0 Å². The van der Waals surface area contributed by atoms with Crippen LogP contribution in [0, 0.1) is 5.92 Å². The van der Waals surface area contributed by atoms with Crippen LogP contribution in [-0.4, -0.2) is 33.0 Å². The van der Waals surface area contributed by atoms with E-state index in [1.807, 2.05) is 32.0 Å². The first-order valence-electron chi connectivity index (χ1n) is 8.78. The van der Waals surface area contributed by atoms with Crippen molar-refractivity contribution < 1.29 is 22.6 Å². The molecule has 148 valence electrons. The summed E-state index contributed by atoms with van der Waals surface area (Å²) in [4.78, 5) is 0. The monoisotopic (exact) mass is 393 g/mol. The quantitative estimate of drug-likeness (QED) is 0.728. The largest absolute Gasteiger partial charge is 0.486 e. The van der Waals surface area contributed by atoms with Gasteiger partial charge >= 0.3 is 6.18 Å². The van der Waals surface area contributed by atoms with Gasteiger partial charge in [0.05, 0.1) is 6.04 Å². The van der Waals surface area contributed by atoms with Crippen LogP contribution in [0.4, 0.5) is 19.0 Å². The summed E-state index contributed by atoms with van der Waals surface area (Å²) in [7, 11) is 0. The van der Waals surface area contributed by atoms with Crippen LogP contribution in [0.2, 0.25) is 0 Å². The third-order valence-corrected chi connectivity index (χ3v) is 4.41. The molecular formula is C18H18F3N5O2. The molecule has 1 atom stereocenters. The number of halogens is 3. The maximum Gasteiger partial charge on any atom is 0.453 e. The lowest BCUT2D eigenvalue weighted by molar-refractivity contribution is -0.146. The number of rotatable bonds is 4. The average molecular weight is 393 g/mol. The summed E-state index contributed by atoms with van der Waals surface area (Å²) in [6.45, 7) is 4.99. The lowest BCUT2D eigenvalue weighted by Crippen LogP contribution is -2.20. The fourth-order valence-corrected chi connectivity index (χ4v) is 3.09. The molecule has 10 heteroatoms. The van der Waals surface area contributed by atoms with Crippen molar-refractivity contribution in [2.45, 2.75) is 26.1 Å². The van der Waals surface area contributed by atoms with E-state index < -0.39 is 12.0 Å². The molecule has 0 spiro atoms. The highest BCUT2D eigenvalue weighted by molar-refractivity contribution is 5.49. The second-order valence-electron chi connectivity index (χ2n) is 6.78. The first-order valence-corrected chi connectivity index (χ1v) is 8.78. The molecule has 1 aromatic carbocycles. The van der Waals surface area contributed by atoms with E-state index in [4.69, 9.17) is 9.47 Å². The third-order valence-electron chi connectivity index (χ3n) is 4.41. The van der Waals surface area contributed by atoms with E-state index in [1.54, 1.807) is 6.07 Å². The molecule has 2 aromatic heterocycles. The van der Waals surface area contributed by atoms with Gasteiger partial charge in [0.25, 0.3) is 5.82 Å². The Balaban J connectivity index is 1.67. The van der Waals surface area contributed by atoms with Crippen molar-refractivity contribution in [1.82, 2.24) is 19.8 Å². The first-order chi connectivity index (χ1) is 13.3. The molecule has 0 aliphatic carbocycles. The minimum Gasteiger partial charge on any atom is -0.486 e. The Morgan fingerprint density at radius 2 is 1.79 bits per heavy atom. The molecule has 28 heavy (non-hydrogen) atoms. The molecule has 4 rings (SSSR count). The zero-order valence-electron chi connectivity index (χ0n) is 15.2. The van der Waals surface area contributed by atoms with Gasteiger partial charge in [0.1, 0.15) is 19.0 Å². The number of hydrogen-bond acceptors (Lipinski definition) is 6. The van der Waals surface area contributed by atoms with Crippen LogP contribution in [0.15, 0.2) is 30.3 Å². The Kier molecular flexibility index (Phi) is 4.48. The molecule has 0 saturated carbocycles. The van der Waals surface area contributed by atoms with Gasteiger partial charge in [-0.2, -0.15) is 17.7 Å². The van der Waals surface area contributed by atoms with Crippen LogP contribution in [0.1, 0.15) is 31.3 Å². The lowest BCUT2D eigenvalue weighted by Gasteiger charge is -2.25. The van der Waals surface area contributed by atoms with Crippen LogP contribution in [-0.2, 0) is 6.18 Å². The maximum absolute atomic E-state index is 13.1. The fourth-order valence-electron chi connectivity index (χ4n) is 3.09. The van der Waals surface area contributed by atoms with Crippen molar-refractivity contribution in [2.75, 3.05) is 18.5 Å². The van der Waals surface area contributed by atoms with Crippen LogP contribution >= 0.6 is 0 Å². The highest BCUT2D eigenvalue weighted by Crippen LogP contribution is 2.35. The molecule has 0 fully saturated rings. The number of nitrogens with one attached hydrogen (secondary N) is 1. The van der Waals surface area contributed by atoms with Crippen molar-refractivity contribution in [2.24, 2.45) is 5.92 Å². The van der Waals surface area contributed by atoms with Gasteiger partial charge in [-0.1, -0.05) is 19.9 Å². The zero-order chi connectivity index (χ0) is 19.9. The second-order valence-corrected chi connectivity index (χ2v) is 6.78. The maximum atomic E-state index is 13.1. The average Bonchev–Trinajstić information content (AvgIpc) is 3.09. The summed E-state index contributed by atoms with van der Waals surface area (Å²) in [5, 5.41) is 14.0. The van der Waals surface area contributed by atoms with E-state index in [0.29, 0.717) is 29.2 Å². The minimum atomic E-state index is -4.64. The van der Waals surface area contributed by atoms with Gasteiger partial charge < -0.3 is 14.8 Å². The van der Waals surface area contributed by atoms with Crippen LogP contribution in [0.3, 0.4) is 0 Å². The molecule has 3 heterocycles. The van der Waals surface area contributed by atoms with Gasteiger partial charge in [0.15, 0.2) is 17.1 Å². The topological polar surface area (TPSA) is 73.6 Å². The SMILES string of the molecule is CC(C)[C@@H](Nc1ccc2nnc(C(F)(F)F)n2n1)c1ccc2c(c1)OCCO2. The Hall–Kier alpha value is -3.04. The minimum absolute atomic E-state index is 0.0262. The van der Waals surface area contributed by atoms with Gasteiger partial charge in [-0.15, -0.1) is 15.3 Å². The van der Waals surface area contributed by atoms with Crippen LogP contribution < -0.4 is 14.8 Å². The number of nitrogens with zero attached hydrogens (tertiary/aromatic N) is 4. The highest BCUT2D eigenvalue weighted by atomic mass is 19.4. The van der Waals surface area contributed by atoms with E-state index in [9.17, 15) is 13.2 Å². The highest BCUT2D eigenvalue weighted by Gasteiger charge is 2.37. The van der Waals surface area contributed by atoms with Gasteiger partial charge in [0, 0.05) is 0 Å². The summed E-state index contributed by atoms with van der Waals surface area (Å²) in [5.41, 5.74) is 0.944. The molecule has 1 N–H and O–H groups in total. The molecule has 0 radical (unpaired) electrons. The van der Waals surface area contributed by atoms with Gasteiger partial charge in [0.2, 0.25) is 0 Å². The number of alkyl halides is 3.